The number of aromatic amines is 4. The van der Waals surface area contributed by atoms with Crippen LogP contribution in [0.15, 0.2) is 131 Å². The molecule has 0 radical (unpaired) electrons. The number of furan rings is 2. The standard InChI is InChI=1S/C15H18ClN5O.C12H9Cl2N5.C12H10ClFN6.C11H8Cl2N4O.C10H7Cl2N5S/c1-20(2)7-8-21-6-5-12-13(18-15(16)19-14(12)21)17-10-11-4-3-9-22-11;13-8-6-17-11-9(8)10(18-12(14)19-11)16-5-7-1-3-15-4-2-7;1-6-9(14)8-10(19-12(13)20-11(8)18-6)16-4-7-2-3-15-5-17-7;12-7-5-15-10-8(7)9(16-11(13)17-10)14-4-6-2-1-3-18-6;11-5-3-14-8-7(5)9(17-10(12)16-8)15-4-6-13-1-2-18-6/h3-6,9H,7-8,10H2,1-2H3,(H,17,18,19);1-4,6H,5H2,(H2,16,17,18,19);2-3,5H,4H2,1H3,(H2,16,18,19,20);1-3,5H,4H2,(H2,14,15,16,17);1-3H,4H2,(H2,14,15,16,17). The van der Waals surface area contributed by atoms with Crippen LogP contribution in [-0.2, 0) is 39.3 Å². The van der Waals surface area contributed by atoms with E-state index in [1.54, 1.807) is 80.2 Å². The highest BCUT2D eigenvalue weighted by molar-refractivity contribution is 7.09. The summed E-state index contributed by atoms with van der Waals surface area (Å²) in [5, 5.41) is 24.5. The van der Waals surface area contributed by atoms with E-state index in [0.29, 0.717) is 110 Å². The molecule has 0 aliphatic heterocycles. The number of hydrogen-bond acceptors (Lipinski definition) is 23. The van der Waals surface area contributed by atoms with Gasteiger partial charge in [0.05, 0.1) is 92.1 Å². The van der Waals surface area contributed by atoms with Crippen molar-refractivity contribution in [1.82, 2.24) is 99.2 Å². The first-order valence-corrected chi connectivity index (χ1v) is 32.7. The van der Waals surface area contributed by atoms with Crippen LogP contribution in [0.3, 0.4) is 0 Å². The van der Waals surface area contributed by atoms with Gasteiger partial charge in [-0.1, -0.05) is 34.8 Å². The second kappa shape index (κ2) is 32.6. The second-order valence-corrected chi connectivity index (χ2v) is 24.4. The highest BCUT2D eigenvalue weighted by Crippen LogP contribution is 2.33. The molecule has 0 atom stereocenters. The minimum atomic E-state index is -0.387. The summed E-state index contributed by atoms with van der Waals surface area (Å²) in [6.07, 6.45) is 18.6. The first-order valence-electron chi connectivity index (χ1n) is 28.7. The van der Waals surface area contributed by atoms with Gasteiger partial charge in [0.15, 0.2) is 5.82 Å². The SMILES string of the molecule is CN(C)CCn1ccc2c(NCc3ccco3)nc(Cl)nc21.Cc1[nH]c2nc(Cl)nc(NCc3ccncn3)c2c1F.Clc1nc(NCc2ccco2)c2c(Cl)c[nH]c2n1.Clc1nc(NCc2ccncc2)c2c(Cl)c[nH]c2n1.Clc1nc(NCc2nccs2)c2c(Cl)c[nH]c2n1. The molecular weight excluding hydrogens is 1440 g/mol. The van der Waals surface area contributed by atoms with Gasteiger partial charge in [0.25, 0.3) is 0 Å². The summed E-state index contributed by atoms with van der Waals surface area (Å²) in [4.78, 5) is 71.1. The van der Waals surface area contributed by atoms with Crippen molar-refractivity contribution in [3.05, 3.63) is 203 Å². The minimum Gasteiger partial charge on any atom is -0.467 e. The van der Waals surface area contributed by atoms with Crippen LogP contribution in [-0.4, -0.2) is 120 Å². The summed E-state index contributed by atoms with van der Waals surface area (Å²) in [6.45, 7) is 6.01. The molecule has 0 saturated carbocycles. The van der Waals surface area contributed by atoms with E-state index in [-0.39, 0.29) is 32.2 Å². The molecule has 0 spiro atoms. The maximum atomic E-state index is 14.1. The van der Waals surface area contributed by atoms with Gasteiger partial charge < -0.3 is 64.8 Å². The molecule has 37 heteroatoms. The van der Waals surface area contributed by atoms with Gasteiger partial charge in [-0.05, 0) is 133 Å². The lowest BCUT2D eigenvalue weighted by molar-refractivity contribution is 0.386. The zero-order valence-corrected chi connectivity index (χ0v) is 57.6. The largest absolute Gasteiger partial charge is 0.467 e. The molecule has 0 aromatic carbocycles. The maximum absolute atomic E-state index is 14.1. The van der Waals surface area contributed by atoms with Crippen molar-refractivity contribution in [1.29, 1.82) is 0 Å². The Hall–Kier alpha value is -9.27. The van der Waals surface area contributed by atoms with Crippen molar-refractivity contribution >= 4 is 188 Å². The van der Waals surface area contributed by atoms with Crippen LogP contribution in [0.25, 0.3) is 55.2 Å². The second-order valence-electron chi connectivity index (χ2n) is 20.5. The number of likely N-dealkylation sites (N-methyl/N-ethyl adjacent to an activating group) is 1. The third-order valence-corrected chi connectivity index (χ3v) is 16.2. The molecule has 0 aliphatic carbocycles. The van der Waals surface area contributed by atoms with Crippen molar-refractivity contribution in [2.45, 2.75) is 46.2 Å². The van der Waals surface area contributed by atoms with Gasteiger partial charge in [0.2, 0.25) is 26.4 Å². The quantitative estimate of drug-likeness (QED) is 0.0360. The topological polar surface area (TPSA) is 338 Å². The van der Waals surface area contributed by atoms with Gasteiger partial charge in [0.1, 0.15) is 80.2 Å². The van der Waals surface area contributed by atoms with Crippen LogP contribution in [0.4, 0.5) is 33.5 Å². The van der Waals surface area contributed by atoms with Crippen LogP contribution < -0.4 is 26.6 Å². The number of aromatic nitrogens is 19. The molecule has 27 nitrogen and oxygen atoms in total. The highest BCUT2D eigenvalue weighted by atomic mass is 35.5. The Morgan fingerprint density at radius 2 is 1.02 bits per heavy atom. The molecular formula is C60H52Cl8FN25O2S. The van der Waals surface area contributed by atoms with Gasteiger partial charge in [-0.3, -0.25) is 4.98 Å². The van der Waals surface area contributed by atoms with Crippen LogP contribution >= 0.6 is 104 Å². The number of pyridine rings is 1. The van der Waals surface area contributed by atoms with E-state index in [9.17, 15) is 4.39 Å². The fraction of sp³-hybridized carbons (Fsp3) is 0.167. The molecule has 0 aliphatic rings. The summed E-state index contributed by atoms with van der Waals surface area (Å²) < 4.78 is 26.7. The van der Waals surface area contributed by atoms with Crippen LogP contribution in [0.5, 0.6) is 0 Å². The Bertz CT molecular complexity index is 4920. The maximum Gasteiger partial charge on any atom is 0.226 e. The average molecular weight is 1490 g/mol. The number of anilines is 5. The van der Waals surface area contributed by atoms with E-state index in [0.717, 1.165) is 68.5 Å². The van der Waals surface area contributed by atoms with E-state index in [1.807, 2.05) is 68.1 Å². The zero-order chi connectivity index (χ0) is 68.0. The van der Waals surface area contributed by atoms with Gasteiger partial charge in [-0.2, -0.15) is 44.9 Å². The number of rotatable bonds is 18. The van der Waals surface area contributed by atoms with Crippen molar-refractivity contribution < 1.29 is 13.2 Å². The van der Waals surface area contributed by atoms with E-state index >= 15 is 0 Å². The lowest BCUT2D eigenvalue weighted by Crippen LogP contribution is -2.18. The third-order valence-electron chi connectivity index (χ3n) is 13.7. The monoisotopic (exact) mass is 1490 g/mol. The fourth-order valence-corrected chi connectivity index (χ4v) is 11.3. The van der Waals surface area contributed by atoms with Crippen molar-refractivity contribution in [2.75, 3.05) is 47.2 Å². The lowest BCUT2D eigenvalue weighted by Gasteiger charge is -2.11. The number of aryl methyl sites for hydroxylation is 1. The molecule has 498 valence electrons. The Morgan fingerprint density at radius 3 is 1.54 bits per heavy atom. The van der Waals surface area contributed by atoms with Gasteiger partial charge in [-0.25, -0.2) is 24.3 Å². The van der Waals surface area contributed by atoms with E-state index in [4.69, 9.17) is 102 Å². The molecule has 97 heavy (non-hydrogen) atoms. The Morgan fingerprint density at radius 1 is 0.526 bits per heavy atom. The third kappa shape index (κ3) is 18.1. The average Bonchev–Trinajstić information content (AvgIpc) is 1.74. The molecule has 15 aromatic rings. The van der Waals surface area contributed by atoms with E-state index < -0.39 is 0 Å². The molecule has 15 aromatic heterocycles. The zero-order valence-electron chi connectivity index (χ0n) is 50.8. The molecule has 0 bridgehead atoms. The smallest absolute Gasteiger partial charge is 0.226 e. The Kier molecular flexibility index (Phi) is 23.3. The number of thiazole rings is 1. The van der Waals surface area contributed by atoms with Crippen LogP contribution in [0, 0.1) is 12.7 Å². The molecule has 15 rings (SSSR count). The van der Waals surface area contributed by atoms with Gasteiger partial charge in [0, 0.05) is 74.6 Å². The van der Waals surface area contributed by atoms with Gasteiger partial charge in [-0.15, -0.1) is 11.3 Å². The highest BCUT2D eigenvalue weighted by Gasteiger charge is 2.19. The summed E-state index contributed by atoms with van der Waals surface area (Å²) >= 11 is 49.3. The minimum absolute atomic E-state index is 0.0453. The van der Waals surface area contributed by atoms with Crippen molar-refractivity contribution in [2.24, 2.45) is 0 Å². The molecule has 0 unspecified atom stereocenters. The molecule has 9 N–H and O–H groups in total. The lowest BCUT2D eigenvalue weighted by atomic mass is 10.2. The summed E-state index contributed by atoms with van der Waals surface area (Å²) in [6, 6.07) is 15.1. The number of nitrogens with one attached hydrogen (secondary N) is 9. The van der Waals surface area contributed by atoms with Crippen LogP contribution in [0.1, 0.15) is 33.5 Å². The molecule has 0 fully saturated rings. The van der Waals surface area contributed by atoms with Crippen molar-refractivity contribution in [3.63, 3.8) is 0 Å². The predicted molar refractivity (Wildman–Crippen MR) is 379 cm³/mol. The van der Waals surface area contributed by atoms with Crippen molar-refractivity contribution in [3.8, 4) is 0 Å². The van der Waals surface area contributed by atoms with Crippen LogP contribution in [0.2, 0.25) is 41.5 Å². The Labute approximate surface area is 593 Å². The first kappa shape index (κ1) is 69.1. The Balaban J connectivity index is 0.000000123. The fourth-order valence-electron chi connectivity index (χ4n) is 9.18. The summed E-state index contributed by atoms with van der Waals surface area (Å²) in [5.41, 5.74) is 5.27. The molecule has 0 amide bonds. The number of H-pyrrole nitrogens is 4. The number of hydrogen-bond donors (Lipinski definition) is 9. The normalized spacial score (nSPS) is 11.1. The number of fused-ring (bicyclic) bond motifs is 5. The molecule has 0 saturated heterocycles. The summed E-state index contributed by atoms with van der Waals surface area (Å²) in [7, 11) is 4.09. The van der Waals surface area contributed by atoms with E-state index in [2.05, 4.69) is 126 Å². The predicted octanol–water partition coefficient (Wildman–Crippen LogP) is 15.4. The summed E-state index contributed by atoms with van der Waals surface area (Å²) in [5.74, 6) is 4.09. The van der Waals surface area contributed by atoms with Gasteiger partial charge >= 0.3 is 0 Å². The number of halogens is 9. The van der Waals surface area contributed by atoms with E-state index in [1.165, 1.54) is 6.33 Å². The first-order chi connectivity index (χ1) is 47.0. The molecule has 15 heterocycles. The number of nitrogens with zero attached hydrogens (tertiary/aromatic N) is 16.